The van der Waals surface area contributed by atoms with E-state index in [1.165, 1.54) is 21.3 Å². The molecule has 0 saturated heterocycles. The lowest BCUT2D eigenvalue weighted by Gasteiger charge is -2.37. The fourth-order valence-electron chi connectivity index (χ4n) is 4.38. The van der Waals surface area contributed by atoms with Gasteiger partial charge in [-0.15, -0.1) is 0 Å². The Morgan fingerprint density at radius 2 is 1.81 bits per heavy atom. The zero-order chi connectivity index (χ0) is 22.1. The summed E-state index contributed by atoms with van der Waals surface area (Å²) in [6, 6.07) is 6.63. The van der Waals surface area contributed by atoms with Crippen molar-refractivity contribution in [3.05, 3.63) is 41.0 Å². The normalized spacial score (nSPS) is 22.3. The zero-order valence-electron chi connectivity index (χ0n) is 17.5. The van der Waals surface area contributed by atoms with E-state index in [2.05, 4.69) is 4.98 Å². The Hall–Kier alpha value is -2.94. The second-order valence-corrected chi connectivity index (χ2v) is 7.50. The van der Waals surface area contributed by atoms with Gasteiger partial charge in [-0.25, -0.2) is 0 Å². The van der Waals surface area contributed by atoms with Crippen LogP contribution in [-0.2, 0) is 0 Å². The summed E-state index contributed by atoms with van der Waals surface area (Å²) in [4.78, 5) is 9.33. The van der Waals surface area contributed by atoms with E-state index in [4.69, 9.17) is 23.9 Å². The molecule has 1 aliphatic carbocycles. The minimum absolute atomic E-state index is 0.0452. The Morgan fingerprint density at radius 3 is 2.48 bits per heavy atom. The van der Waals surface area contributed by atoms with Crippen LogP contribution < -0.4 is 18.9 Å². The van der Waals surface area contributed by atoms with Crippen LogP contribution in [0.4, 0.5) is 8.78 Å². The highest BCUT2D eigenvalue weighted by atomic mass is 19.3. The van der Waals surface area contributed by atoms with Gasteiger partial charge in [-0.05, 0) is 43.0 Å². The predicted molar refractivity (Wildman–Crippen MR) is 109 cm³/mol. The number of benzene rings is 1. The number of aliphatic hydroxyl groups is 1. The van der Waals surface area contributed by atoms with Crippen molar-refractivity contribution in [1.82, 2.24) is 4.98 Å². The highest BCUT2D eigenvalue weighted by Gasteiger charge is 2.38. The topological polar surface area (TPSA) is 82.4 Å². The van der Waals surface area contributed by atoms with Crippen molar-refractivity contribution in [1.29, 1.82) is 0 Å². The standard InChI is InChI=1S/C22H24F2N2O5/c1-28-17-10-15-13(9-18(17)31-22(23)24)14-8-11(27)4-6-16(14)25-20(15)12-5-7-19(29-2)26-21(12)30-3/h5,7,9-11,14,16,22,27H,4,6,8H2,1-3H3. The van der Waals surface area contributed by atoms with Gasteiger partial charge in [0.15, 0.2) is 11.5 Å². The summed E-state index contributed by atoms with van der Waals surface area (Å²) in [5, 5.41) is 10.2. The smallest absolute Gasteiger partial charge is 0.387 e. The largest absolute Gasteiger partial charge is 0.493 e. The van der Waals surface area contributed by atoms with Crippen LogP contribution in [-0.4, -0.2) is 55.9 Å². The number of fused-ring (bicyclic) bond motifs is 3. The molecule has 2 aliphatic rings. The van der Waals surface area contributed by atoms with E-state index in [1.807, 2.05) is 0 Å². The molecule has 1 aliphatic heterocycles. The van der Waals surface area contributed by atoms with E-state index in [1.54, 1.807) is 24.3 Å². The molecule has 0 radical (unpaired) electrons. The predicted octanol–water partition coefficient (Wildman–Crippen LogP) is 3.56. The first-order valence-electron chi connectivity index (χ1n) is 9.97. The van der Waals surface area contributed by atoms with E-state index in [-0.39, 0.29) is 23.5 Å². The quantitative estimate of drug-likeness (QED) is 0.749. The number of methoxy groups -OCH3 is 3. The molecule has 3 unspecified atom stereocenters. The number of aliphatic hydroxyl groups excluding tert-OH is 1. The van der Waals surface area contributed by atoms with Gasteiger partial charge in [-0.1, -0.05) is 0 Å². The number of hydrogen-bond donors (Lipinski definition) is 1. The third-order valence-electron chi connectivity index (χ3n) is 5.78. The van der Waals surface area contributed by atoms with Gasteiger partial charge in [-0.2, -0.15) is 13.8 Å². The first-order valence-corrected chi connectivity index (χ1v) is 9.97. The summed E-state index contributed by atoms with van der Waals surface area (Å²) in [5.41, 5.74) is 2.77. The molecule has 1 N–H and O–H groups in total. The molecule has 4 rings (SSSR count). The summed E-state index contributed by atoms with van der Waals surface area (Å²) in [5.74, 6) is 0.739. The SMILES string of the molecule is COc1ccc(C2=NC3CCC(O)CC3c3cc(OC(F)F)c(OC)cc32)c(OC)n1. The molecule has 7 nitrogen and oxygen atoms in total. The van der Waals surface area contributed by atoms with E-state index in [0.717, 1.165) is 5.56 Å². The molecule has 1 aromatic heterocycles. The van der Waals surface area contributed by atoms with Crippen molar-refractivity contribution in [3.63, 3.8) is 0 Å². The second kappa shape index (κ2) is 8.66. The van der Waals surface area contributed by atoms with Gasteiger partial charge >= 0.3 is 6.61 Å². The number of alkyl halides is 2. The summed E-state index contributed by atoms with van der Waals surface area (Å²) in [6.07, 6.45) is 1.33. The monoisotopic (exact) mass is 434 g/mol. The van der Waals surface area contributed by atoms with Gasteiger partial charge in [0.2, 0.25) is 11.8 Å². The molecule has 1 saturated carbocycles. The average molecular weight is 434 g/mol. The van der Waals surface area contributed by atoms with Gasteiger partial charge in [0.1, 0.15) is 0 Å². The van der Waals surface area contributed by atoms with Crippen LogP contribution in [0.25, 0.3) is 0 Å². The molecule has 0 amide bonds. The van der Waals surface area contributed by atoms with Crippen LogP contribution in [0.15, 0.2) is 29.3 Å². The van der Waals surface area contributed by atoms with E-state index in [9.17, 15) is 13.9 Å². The number of halogens is 2. The lowest BCUT2D eigenvalue weighted by molar-refractivity contribution is -0.0513. The van der Waals surface area contributed by atoms with Crippen molar-refractivity contribution in [3.8, 4) is 23.3 Å². The maximum Gasteiger partial charge on any atom is 0.387 e. The maximum absolute atomic E-state index is 13.0. The summed E-state index contributed by atoms with van der Waals surface area (Å²) < 4.78 is 46.7. The average Bonchev–Trinajstić information content (AvgIpc) is 2.77. The third-order valence-corrected chi connectivity index (χ3v) is 5.78. The fourth-order valence-corrected chi connectivity index (χ4v) is 4.38. The fraction of sp³-hybridized carbons (Fsp3) is 0.455. The number of nitrogens with zero attached hydrogens (tertiary/aromatic N) is 2. The van der Waals surface area contributed by atoms with Gasteiger partial charge in [-0.3, -0.25) is 4.99 Å². The third kappa shape index (κ3) is 4.01. The highest BCUT2D eigenvalue weighted by molar-refractivity contribution is 6.16. The van der Waals surface area contributed by atoms with E-state index < -0.39 is 12.7 Å². The molecule has 2 heterocycles. The van der Waals surface area contributed by atoms with E-state index >= 15 is 0 Å². The number of aliphatic imine (C=N–C) groups is 1. The van der Waals surface area contributed by atoms with Crippen LogP contribution >= 0.6 is 0 Å². The molecule has 0 bridgehead atoms. The Bertz CT molecular complexity index is 998. The van der Waals surface area contributed by atoms with Crippen LogP contribution in [0.3, 0.4) is 0 Å². The van der Waals surface area contributed by atoms with Crippen LogP contribution in [0.1, 0.15) is 41.9 Å². The van der Waals surface area contributed by atoms with Crippen LogP contribution in [0, 0.1) is 0 Å². The van der Waals surface area contributed by atoms with Gasteiger partial charge in [0.05, 0.1) is 44.8 Å². The molecule has 3 atom stereocenters. The molecule has 1 aromatic carbocycles. The number of ether oxygens (including phenoxy) is 4. The van der Waals surface area contributed by atoms with Crippen molar-refractivity contribution in [2.45, 2.75) is 43.9 Å². The Balaban J connectivity index is 1.90. The Labute approximate surface area is 178 Å². The molecule has 1 fully saturated rings. The van der Waals surface area contributed by atoms with Crippen molar-refractivity contribution >= 4 is 5.71 Å². The lowest BCUT2D eigenvalue weighted by atomic mass is 9.74. The van der Waals surface area contributed by atoms with Gasteiger partial charge < -0.3 is 24.1 Å². The van der Waals surface area contributed by atoms with Crippen molar-refractivity contribution < 1.29 is 32.8 Å². The van der Waals surface area contributed by atoms with E-state index in [0.29, 0.717) is 47.9 Å². The molecule has 9 heteroatoms. The molecular weight excluding hydrogens is 410 g/mol. The van der Waals surface area contributed by atoms with Gasteiger partial charge in [0, 0.05) is 17.5 Å². The second-order valence-electron chi connectivity index (χ2n) is 7.50. The Morgan fingerprint density at radius 1 is 1.00 bits per heavy atom. The first kappa shape index (κ1) is 21.3. The minimum Gasteiger partial charge on any atom is -0.493 e. The summed E-state index contributed by atoms with van der Waals surface area (Å²) in [7, 11) is 4.42. The first-order chi connectivity index (χ1) is 14.9. The number of pyridine rings is 1. The molecular formula is C22H24F2N2O5. The minimum atomic E-state index is -2.98. The lowest BCUT2D eigenvalue weighted by Crippen LogP contribution is -2.34. The highest BCUT2D eigenvalue weighted by Crippen LogP contribution is 2.45. The Kier molecular flexibility index (Phi) is 5.95. The zero-order valence-corrected chi connectivity index (χ0v) is 17.5. The number of aromatic nitrogens is 1. The number of rotatable bonds is 6. The van der Waals surface area contributed by atoms with Crippen LogP contribution in [0.2, 0.25) is 0 Å². The van der Waals surface area contributed by atoms with Gasteiger partial charge in [0.25, 0.3) is 0 Å². The molecule has 31 heavy (non-hydrogen) atoms. The molecule has 2 aromatic rings. The molecule has 166 valence electrons. The van der Waals surface area contributed by atoms with Crippen molar-refractivity contribution in [2.24, 2.45) is 4.99 Å². The number of hydrogen-bond acceptors (Lipinski definition) is 7. The maximum atomic E-state index is 13.0. The van der Waals surface area contributed by atoms with Crippen molar-refractivity contribution in [2.75, 3.05) is 21.3 Å². The summed E-state index contributed by atoms with van der Waals surface area (Å²) in [6.45, 7) is -2.98. The summed E-state index contributed by atoms with van der Waals surface area (Å²) >= 11 is 0. The molecule has 0 spiro atoms. The van der Waals surface area contributed by atoms with Crippen LogP contribution in [0.5, 0.6) is 23.3 Å².